The topological polar surface area (TPSA) is 46.2 Å². The highest BCUT2D eigenvalue weighted by Crippen LogP contribution is 2.23. The van der Waals surface area contributed by atoms with Crippen molar-refractivity contribution in [3.63, 3.8) is 0 Å². The minimum Gasteiger partial charge on any atom is -0.293 e. The molecule has 0 aliphatic rings. The number of hydrogen-bond acceptors (Lipinski definition) is 2. The van der Waals surface area contributed by atoms with Crippen LogP contribution in [0.3, 0.4) is 0 Å². The second kappa shape index (κ2) is 4.57. The van der Waals surface area contributed by atoms with Crippen molar-refractivity contribution in [1.29, 1.82) is 0 Å². The van der Waals surface area contributed by atoms with Gasteiger partial charge in [0.15, 0.2) is 0 Å². The molecule has 0 fully saturated rings. The molecule has 0 bridgehead atoms. The van der Waals surface area contributed by atoms with E-state index in [9.17, 15) is 9.59 Å². The number of benzene rings is 1. The van der Waals surface area contributed by atoms with Crippen molar-refractivity contribution in [3.05, 3.63) is 33.3 Å². The van der Waals surface area contributed by atoms with E-state index in [1.54, 1.807) is 18.2 Å². The Kier molecular flexibility index (Phi) is 3.66. The summed E-state index contributed by atoms with van der Waals surface area (Å²) in [5.74, 6) is -0.823. The van der Waals surface area contributed by atoms with Crippen LogP contribution in [0, 0.1) is 0 Å². The molecule has 0 atom stereocenters. The monoisotopic (exact) mass is 275 g/mol. The Bertz CT molecular complexity index is 392. The van der Waals surface area contributed by atoms with E-state index in [2.05, 4.69) is 21.2 Å². The number of amides is 2. The summed E-state index contributed by atoms with van der Waals surface area (Å²) in [6, 6.07) is 4.69. The number of nitrogens with one attached hydrogen (secondary N) is 1. The van der Waals surface area contributed by atoms with Gasteiger partial charge in [-0.25, -0.2) is 0 Å². The van der Waals surface area contributed by atoms with Gasteiger partial charge in [-0.15, -0.1) is 0 Å². The fourth-order valence-electron chi connectivity index (χ4n) is 0.869. The molecule has 1 rings (SSSR count). The van der Waals surface area contributed by atoms with E-state index in [-0.39, 0.29) is 5.91 Å². The van der Waals surface area contributed by atoms with Crippen molar-refractivity contribution in [3.8, 4) is 0 Å². The van der Waals surface area contributed by atoms with Crippen LogP contribution in [0.4, 0.5) is 0 Å². The summed E-state index contributed by atoms with van der Waals surface area (Å²) in [5.41, 5.74) is 0.386. The van der Waals surface area contributed by atoms with Gasteiger partial charge in [0.25, 0.3) is 5.91 Å². The Hall–Kier alpha value is -0.870. The molecule has 3 nitrogen and oxygen atoms in total. The highest BCUT2D eigenvalue weighted by atomic mass is 79.9. The number of rotatable bonds is 1. The van der Waals surface area contributed by atoms with E-state index >= 15 is 0 Å². The quantitative estimate of drug-likeness (QED) is 0.856. The van der Waals surface area contributed by atoms with Crippen LogP contribution >= 0.6 is 27.5 Å². The van der Waals surface area contributed by atoms with Crippen LogP contribution in [0.15, 0.2) is 22.7 Å². The van der Waals surface area contributed by atoms with E-state index in [0.29, 0.717) is 15.1 Å². The maximum Gasteiger partial charge on any atom is 0.257 e. The first-order valence-electron chi connectivity index (χ1n) is 3.77. The van der Waals surface area contributed by atoms with Crippen LogP contribution in [0.5, 0.6) is 0 Å². The first-order chi connectivity index (χ1) is 6.50. The molecule has 2 amide bonds. The molecule has 1 N–H and O–H groups in total. The Morgan fingerprint density at radius 2 is 2.07 bits per heavy atom. The molecule has 0 unspecified atom stereocenters. The van der Waals surface area contributed by atoms with Gasteiger partial charge in [0.1, 0.15) is 0 Å². The zero-order valence-corrected chi connectivity index (χ0v) is 9.65. The third-order valence-corrected chi connectivity index (χ3v) is 2.69. The van der Waals surface area contributed by atoms with Gasteiger partial charge in [-0.2, -0.15) is 0 Å². The number of halogens is 2. The molecule has 74 valence electrons. The van der Waals surface area contributed by atoms with E-state index in [4.69, 9.17) is 11.6 Å². The van der Waals surface area contributed by atoms with E-state index in [0.717, 1.165) is 0 Å². The Balaban J connectivity index is 2.91. The van der Waals surface area contributed by atoms with Crippen LogP contribution in [-0.2, 0) is 4.79 Å². The van der Waals surface area contributed by atoms with Crippen molar-refractivity contribution in [1.82, 2.24) is 5.32 Å². The highest BCUT2D eigenvalue weighted by molar-refractivity contribution is 9.10. The molecule has 0 aromatic heterocycles. The zero-order chi connectivity index (χ0) is 10.7. The largest absolute Gasteiger partial charge is 0.293 e. The lowest BCUT2D eigenvalue weighted by molar-refractivity contribution is -0.118. The summed E-state index contributed by atoms with van der Waals surface area (Å²) >= 11 is 8.93. The molecule has 0 saturated carbocycles. The van der Waals surface area contributed by atoms with Crippen LogP contribution in [-0.4, -0.2) is 11.8 Å². The van der Waals surface area contributed by atoms with E-state index in [1.807, 2.05) is 0 Å². The van der Waals surface area contributed by atoms with Crippen molar-refractivity contribution in [2.75, 3.05) is 0 Å². The Morgan fingerprint density at radius 1 is 1.43 bits per heavy atom. The standard InChI is InChI=1S/C9H7BrClNO2/c1-5(13)12-9(14)6-2-3-8(11)7(10)4-6/h2-4H,1H3,(H,12,13,14). The highest BCUT2D eigenvalue weighted by Gasteiger charge is 2.08. The fourth-order valence-corrected chi connectivity index (χ4v) is 1.37. The van der Waals surface area contributed by atoms with Gasteiger partial charge in [0.2, 0.25) is 5.91 Å². The molecule has 14 heavy (non-hydrogen) atoms. The molecule has 0 aliphatic carbocycles. The molecule has 0 spiro atoms. The lowest BCUT2D eigenvalue weighted by atomic mass is 10.2. The zero-order valence-electron chi connectivity index (χ0n) is 7.30. The number of carbonyl (C=O) groups is 2. The normalized spacial score (nSPS) is 9.64. The summed E-state index contributed by atoms with van der Waals surface area (Å²) in [6.45, 7) is 1.28. The Morgan fingerprint density at radius 3 is 2.57 bits per heavy atom. The maximum atomic E-state index is 11.3. The summed E-state index contributed by atoms with van der Waals surface area (Å²) in [7, 11) is 0. The van der Waals surface area contributed by atoms with Gasteiger partial charge in [-0.3, -0.25) is 14.9 Å². The summed E-state index contributed by atoms with van der Waals surface area (Å²) < 4.78 is 0.621. The predicted octanol–water partition coefficient (Wildman–Crippen LogP) is 2.38. The third kappa shape index (κ3) is 2.82. The molecule has 0 aliphatic heterocycles. The molecular formula is C9H7BrClNO2. The van der Waals surface area contributed by atoms with Gasteiger partial charge in [0.05, 0.1) is 5.02 Å². The van der Waals surface area contributed by atoms with E-state index in [1.165, 1.54) is 6.92 Å². The minimum absolute atomic E-state index is 0.386. The second-order valence-electron chi connectivity index (χ2n) is 2.64. The van der Waals surface area contributed by atoms with Gasteiger partial charge in [0, 0.05) is 17.0 Å². The summed E-state index contributed by atoms with van der Waals surface area (Å²) in [6.07, 6.45) is 0. The summed E-state index contributed by atoms with van der Waals surface area (Å²) in [5, 5.41) is 2.68. The molecule has 5 heteroatoms. The van der Waals surface area contributed by atoms with Crippen LogP contribution in [0.1, 0.15) is 17.3 Å². The van der Waals surface area contributed by atoms with Crippen molar-refractivity contribution in [2.45, 2.75) is 6.92 Å². The van der Waals surface area contributed by atoms with Gasteiger partial charge < -0.3 is 0 Å². The predicted molar refractivity (Wildman–Crippen MR) is 57.3 cm³/mol. The van der Waals surface area contributed by atoms with Crippen LogP contribution < -0.4 is 5.32 Å². The van der Waals surface area contributed by atoms with E-state index < -0.39 is 5.91 Å². The molecule has 0 saturated heterocycles. The van der Waals surface area contributed by atoms with Crippen molar-refractivity contribution >= 4 is 39.3 Å². The lowest BCUT2D eigenvalue weighted by Crippen LogP contribution is -2.27. The van der Waals surface area contributed by atoms with Gasteiger partial charge in [-0.1, -0.05) is 11.6 Å². The fraction of sp³-hybridized carbons (Fsp3) is 0.111. The molecule has 1 aromatic rings. The minimum atomic E-state index is -0.435. The van der Waals surface area contributed by atoms with Crippen molar-refractivity contribution in [2.24, 2.45) is 0 Å². The Labute approximate surface area is 94.6 Å². The average Bonchev–Trinajstić information content (AvgIpc) is 2.08. The first kappa shape index (κ1) is 11.2. The SMILES string of the molecule is CC(=O)NC(=O)c1ccc(Cl)c(Br)c1. The molecule has 0 heterocycles. The number of carbonyl (C=O) groups excluding carboxylic acids is 2. The third-order valence-electron chi connectivity index (χ3n) is 1.47. The average molecular weight is 277 g/mol. The molecule has 0 radical (unpaired) electrons. The molecule has 1 aromatic carbocycles. The molecular weight excluding hydrogens is 269 g/mol. The smallest absolute Gasteiger partial charge is 0.257 e. The maximum absolute atomic E-state index is 11.3. The second-order valence-corrected chi connectivity index (χ2v) is 3.90. The van der Waals surface area contributed by atoms with Crippen LogP contribution in [0.2, 0.25) is 5.02 Å². The number of hydrogen-bond donors (Lipinski definition) is 1. The van der Waals surface area contributed by atoms with Crippen LogP contribution in [0.25, 0.3) is 0 Å². The first-order valence-corrected chi connectivity index (χ1v) is 4.95. The van der Waals surface area contributed by atoms with Crippen molar-refractivity contribution < 1.29 is 9.59 Å². The van der Waals surface area contributed by atoms with Gasteiger partial charge >= 0.3 is 0 Å². The number of imide groups is 1. The van der Waals surface area contributed by atoms with Gasteiger partial charge in [-0.05, 0) is 34.1 Å². The summed E-state index contributed by atoms with van der Waals surface area (Å²) in [4.78, 5) is 21.9. The lowest BCUT2D eigenvalue weighted by Gasteiger charge is -2.02.